The molecule has 0 amide bonds. The van der Waals surface area contributed by atoms with Crippen LogP contribution in [-0.4, -0.2) is 23.4 Å². The van der Waals surface area contributed by atoms with Gasteiger partial charge in [0.15, 0.2) is 0 Å². The van der Waals surface area contributed by atoms with Gasteiger partial charge in [-0.2, -0.15) is 0 Å². The van der Waals surface area contributed by atoms with Gasteiger partial charge in [-0.05, 0) is 24.6 Å². The van der Waals surface area contributed by atoms with Crippen LogP contribution in [0, 0.1) is 0 Å². The molecule has 1 unspecified atom stereocenters. The quantitative estimate of drug-likeness (QED) is 0.811. The van der Waals surface area contributed by atoms with E-state index in [1.165, 1.54) is 10.9 Å². The predicted octanol–water partition coefficient (Wildman–Crippen LogP) is 4.72. The third-order valence-corrected chi connectivity index (χ3v) is 3.29. The van der Waals surface area contributed by atoms with Crippen LogP contribution < -0.4 is 5.32 Å². The Kier molecular flexibility index (Phi) is 11.1. The maximum Gasteiger partial charge on any atom is 0.149 e. The Morgan fingerprint density at radius 2 is 1.77 bits per heavy atom. The Balaban J connectivity index is 0.00000102. The van der Waals surface area contributed by atoms with Crippen LogP contribution in [0.15, 0.2) is 30.5 Å². The molecule has 3 nitrogen and oxygen atoms in total. The van der Waals surface area contributed by atoms with Gasteiger partial charge >= 0.3 is 0 Å². The molecule has 22 heavy (non-hydrogen) atoms. The number of H-pyrrole nitrogens is 1. The molecule has 0 aliphatic rings. The van der Waals surface area contributed by atoms with Crippen LogP contribution in [0.3, 0.4) is 0 Å². The zero-order valence-electron chi connectivity index (χ0n) is 15.0. The number of fused-ring (bicyclic) bond motifs is 1. The molecule has 0 saturated carbocycles. The van der Waals surface area contributed by atoms with E-state index in [2.05, 4.69) is 22.4 Å². The highest BCUT2D eigenvalue weighted by molar-refractivity contribution is 5.87. The summed E-state index contributed by atoms with van der Waals surface area (Å²) in [5.74, 6) is 0.280. The lowest BCUT2D eigenvalue weighted by Gasteiger charge is -2.15. The number of aromatic amines is 1. The lowest BCUT2D eigenvalue weighted by atomic mass is 10.0. The first-order valence-electron chi connectivity index (χ1n) is 8.57. The number of aromatic nitrogens is 1. The molecule has 1 heterocycles. The average Bonchev–Trinajstić information content (AvgIpc) is 3.00. The van der Waals surface area contributed by atoms with Crippen molar-refractivity contribution < 1.29 is 4.79 Å². The Hall–Kier alpha value is -1.61. The van der Waals surface area contributed by atoms with Crippen LogP contribution in [0.5, 0.6) is 0 Å². The second kappa shape index (κ2) is 12.0. The summed E-state index contributed by atoms with van der Waals surface area (Å²) < 4.78 is 0. The van der Waals surface area contributed by atoms with Gasteiger partial charge in [0.2, 0.25) is 0 Å². The minimum absolute atomic E-state index is 0.0702. The largest absolute Gasteiger partial charge is 0.361 e. The van der Waals surface area contributed by atoms with Crippen LogP contribution in [0.4, 0.5) is 0 Å². The van der Waals surface area contributed by atoms with Gasteiger partial charge in [-0.3, -0.25) is 4.79 Å². The molecule has 2 aromatic rings. The minimum atomic E-state index is -0.0702. The molecule has 0 radical (unpaired) electrons. The van der Waals surface area contributed by atoms with E-state index in [-0.39, 0.29) is 11.8 Å². The second-order valence-corrected chi connectivity index (χ2v) is 4.49. The maximum atomic E-state index is 11.9. The first kappa shape index (κ1) is 20.4. The summed E-state index contributed by atoms with van der Waals surface area (Å²) in [6.45, 7) is 12.8. The number of nitrogens with one attached hydrogen (secondary N) is 2. The molecule has 0 aliphatic heterocycles. The molecular weight excluding hydrogens is 272 g/mol. The monoisotopic (exact) mass is 304 g/mol. The Morgan fingerprint density at radius 3 is 2.36 bits per heavy atom. The molecule has 0 bridgehead atoms. The lowest BCUT2D eigenvalue weighted by Crippen LogP contribution is -2.38. The van der Waals surface area contributed by atoms with Crippen molar-refractivity contribution >= 4 is 16.7 Å². The summed E-state index contributed by atoms with van der Waals surface area (Å²) in [5, 5.41) is 4.49. The molecule has 1 aromatic carbocycles. The van der Waals surface area contributed by atoms with E-state index in [1.807, 2.05) is 59.9 Å². The second-order valence-electron chi connectivity index (χ2n) is 4.49. The molecule has 1 aromatic heterocycles. The Labute approximate surface area is 135 Å². The van der Waals surface area contributed by atoms with Gasteiger partial charge in [-0.1, -0.05) is 59.7 Å². The molecule has 3 heteroatoms. The molecule has 0 fully saturated rings. The van der Waals surface area contributed by atoms with Crippen LogP contribution >= 0.6 is 0 Å². The normalized spacial score (nSPS) is 11.0. The minimum Gasteiger partial charge on any atom is -0.361 e. The van der Waals surface area contributed by atoms with Gasteiger partial charge in [-0.25, -0.2) is 0 Å². The summed E-state index contributed by atoms with van der Waals surface area (Å²) in [6.07, 6.45) is 3.35. The number of rotatable bonds is 6. The zero-order chi connectivity index (χ0) is 17.0. The number of benzene rings is 1. The van der Waals surface area contributed by atoms with Crippen molar-refractivity contribution in [1.29, 1.82) is 0 Å². The fraction of sp³-hybridized carbons (Fsp3) is 0.526. The first-order valence-corrected chi connectivity index (χ1v) is 8.57. The number of para-hydroxylation sites is 1. The van der Waals surface area contributed by atoms with Crippen LogP contribution in [0.1, 0.15) is 53.5 Å². The smallest absolute Gasteiger partial charge is 0.149 e. The fourth-order valence-corrected chi connectivity index (χ4v) is 2.31. The highest BCUT2D eigenvalue weighted by Crippen LogP contribution is 2.19. The van der Waals surface area contributed by atoms with Gasteiger partial charge in [0, 0.05) is 23.5 Å². The van der Waals surface area contributed by atoms with E-state index < -0.39 is 0 Å². The summed E-state index contributed by atoms with van der Waals surface area (Å²) in [7, 11) is 0. The van der Waals surface area contributed by atoms with Gasteiger partial charge in [0.05, 0.1) is 6.04 Å². The van der Waals surface area contributed by atoms with Crippen molar-refractivity contribution in [1.82, 2.24) is 10.3 Å². The third kappa shape index (κ3) is 5.64. The highest BCUT2D eigenvalue weighted by atomic mass is 16.1. The van der Waals surface area contributed by atoms with Crippen LogP contribution in [0.25, 0.3) is 10.9 Å². The number of Topliss-reactive ketones (excluding diaryl/α,β-unsaturated/α-hetero) is 1. The van der Waals surface area contributed by atoms with Crippen molar-refractivity contribution in [3.05, 3.63) is 36.0 Å². The number of hydrogen-bond acceptors (Lipinski definition) is 2. The lowest BCUT2D eigenvalue weighted by molar-refractivity contribution is -0.120. The molecule has 2 N–H and O–H groups in total. The predicted molar refractivity (Wildman–Crippen MR) is 97.5 cm³/mol. The number of likely N-dealkylation sites (N-methyl/N-ethyl adjacent to an activating group) is 1. The number of carbonyl (C=O) groups is 1. The number of hydrogen-bond donors (Lipinski definition) is 2. The van der Waals surface area contributed by atoms with Gasteiger partial charge in [0.1, 0.15) is 5.78 Å². The van der Waals surface area contributed by atoms with Gasteiger partial charge in [0.25, 0.3) is 0 Å². The molecular formula is C19H32N2O. The summed E-state index contributed by atoms with van der Waals surface area (Å²) in [5.41, 5.74) is 2.34. The molecule has 0 aliphatic carbocycles. The van der Waals surface area contributed by atoms with E-state index in [0.29, 0.717) is 6.42 Å². The van der Waals surface area contributed by atoms with E-state index in [0.717, 1.165) is 18.5 Å². The zero-order valence-corrected chi connectivity index (χ0v) is 15.0. The van der Waals surface area contributed by atoms with Crippen molar-refractivity contribution in [3.63, 3.8) is 0 Å². The molecule has 0 saturated heterocycles. The summed E-state index contributed by atoms with van der Waals surface area (Å²) >= 11 is 0. The Morgan fingerprint density at radius 1 is 1.14 bits per heavy atom. The SMILES string of the molecule is CC.CC.CCNC(Cc1c[nH]c2ccccc12)C(=O)CC. The van der Waals surface area contributed by atoms with Crippen molar-refractivity contribution in [2.24, 2.45) is 0 Å². The van der Waals surface area contributed by atoms with Crippen molar-refractivity contribution in [2.45, 2.75) is 60.4 Å². The Bertz CT molecular complexity index is 531. The van der Waals surface area contributed by atoms with E-state index in [9.17, 15) is 4.79 Å². The molecule has 1 atom stereocenters. The molecule has 124 valence electrons. The van der Waals surface area contributed by atoms with E-state index in [1.54, 1.807) is 0 Å². The maximum absolute atomic E-state index is 11.9. The third-order valence-electron chi connectivity index (χ3n) is 3.29. The average molecular weight is 304 g/mol. The van der Waals surface area contributed by atoms with Gasteiger partial charge in [-0.15, -0.1) is 0 Å². The molecule has 0 spiro atoms. The highest BCUT2D eigenvalue weighted by Gasteiger charge is 2.17. The fourth-order valence-electron chi connectivity index (χ4n) is 2.31. The van der Waals surface area contributed by atoms with Crippen molar-refractivity contribution in [2.75, 3.05) is 6.54 Å². The van der Waals surface area contributed by atoms with Gasteiger partial charge < -0.3 is 10.3 Å². The van der Waals surface area contributed by atoms with E-state index in [4.69, 9.17) is 0 Å². The standard InChI is InChI=1S/C15H20N2O.2C2H6/c1-3-15(18)14(16-4-2)9-11-10-17-13-8-6-5-7-12(11)13;2*1-2/h5-8,10,14,16-17H,3-4,9H2,1-2H3;2*1-2H3. The van der Waals surface area contributed by atoms with Crippen LogP contribution in [0.2, 0.25) is 0 Å². The summed E-state index contributed by atoms with van der Waals surface area (Å²) in [4.78, 5) is 15.1. The number of carbonyl (C=O) groups excluding carboxylic acids is 1. The van der Waals surface area contributed by atoms with Crippen molar-refractivity contribution in [3.8, 4) is 0 Å². The number of ketones is 1. The first-order chi connectivity index (χ1) is 10.8. The van der Waals surface area contributed by atoms with Crippen LogP contribution in [-0.2, 0) is 11.2 Å². The topological polar surface area (TPSA) is 44.9 Å². The van der Waals surface area contributed by atoms with E-state index >= 15 is 0 Å². The summed E-state index contributed by atoms with van der Waals surface area (Å²) in [6, 6.07) is 8.13. The molecule has 2 rings (SSSR count).